The van der Waals surface area contributed by atoms with E-state index in [1.165, 1.54) is 0 Å². The number of nitrogens with one attached hydrogen (secondary N) is 2. The second kappa shape index (κ2) is 10.9. The van der Waals surface area contributed by atoms with Crippen molar-refractivity contribution in [2.75, 3.05) is 40.4 Å². The summed E-state index contributed by atoms with van der Waals surface area (Å²) in [6.45, 7) is 10.5. The van der Waals surface area contributed by atoms with E-state index in [-0.39, 0.29) is 29.5 Å². The van der Waals surface area contributed by atoms with Crippen molar-refractivity contribution >= 4 is 29.9 Å². The number of aromatic nitrogens is 3. The van der Waals surface area contributed by atoms with Crippen LogP contribution in [0.4, 0.5) is 0 Å². The highest BCUT2D eigenvalue weighted by Gasteiger charge is 2.35. The van der Waals surface area contributed by atoms with Crippen molar-refractivity contribution in [2.24, 2.45) is 4.99 Å². The van der Waals surface area contributed by atoms with Crippen molar-refractivity contribution in [3.63, 3.8) is 0 Å². The average molecular weight is 519 g/mol. The SMILES string of the molecule is CCNC(=NCC1(N(C)C)CCOCC1)NC1CCc2nc(C(C)C)nn2C1.I. The Bertz CT molecular complexity index is 668. The third kappa shape index (κ3) is 6.04. The van der Waals surface area contributed by atoms with Crippen LogP contribution in [-0.4, -0.2) is 77.6 Å². The van der Waals surface area contributed by atoms with Crippen LogP contribution >= 0.6 is 24.0 Å². The number of ether oxygens (including phenoxy) is 1. The molecule has 0 aliphatic carbocycles. The van der Waals surface area contributed by atoms with Gasteiger partial charge in [-0.05, 0) is 40.3 Å². The molecule has 9 heteroatoms. The van der Waals surface area contributed by atoms with Crippen LogP contribution < -0.4 is 10.6 Å². The lowest BCUT2D eigenvalue weighted by atomic mass is 9.89. The highest BCUT2D eigenvalue weighted by atomic mass is 127. The highest BCUT2D eigenvalue weighted by Crippen LogP contribution is 2.26. The molecule has 0 saturated carbocycles. The first-order valence-corrected chi connectivity index (χ1v) is 10.7. The maximum atomic E-state index is 5.58. The first-order valence-electron chi connectivity index (χ1n) is 10.7. The van der Waals surface area contributed by atoms with Crippen molar-refractivity contribution in [1.29, 1.82) is 0 Å². The summed E-state index contributed by atoms with van der Waals surface area (Å²) in [4.78, 5) is 12.0. The second-order valence-corrected chi connectivity index (χ2v) is 8.53. The van der Waals surface area contributed by atoms with Crippen molar-refractivity contribution < 1.29 is 4.74 Å². The molecule has 166 valence electrons. The summed E-state index contributed by atoms with van der Waals surface area (Å²) in [5.41, 5.74) is 0.0818. The Morgan fingerprint density at radius 2 is 2.07 bits per heavy atom. The second-order valence-electron chi connectivity index (χ2n) is 8.53. The average Bonchev–Trinajstić information content (AvgIpc) is 3.11. The van der Waals surface area contributed by atoms with E-state index >= 15 is 0 Å². The molecule has 2 aliphatic heterocycles. The third-order valence-corrected chi connectivity index (χ3v) is 5.98. The van der Waals surface area contributed by atoms with E-state index in [2.05, 4.69) is 60.1 Å². The molecule has 2 N–H and O–H groups in total. The number of fused-ring (bicyclic) bond motifs is 1. The summed E-state index contributed by atoms with van der Waals surface area (Å²) < 4.78 is 7.65. The van der Waals surface area contributed by atoms with Crippen LogP contribution in [-0.2, 0) is 17.7 Å². The molecule has 1 fully saturated rings. The lowest BCUT2D eigenvalue weighted by molar-refractivity contribution is -0.00255. The Hall–Kier alpha value is -0.940. The van der Waals surface area contributed by atoms with Crippen LogP contribution in [0.1, 0.15) is 57.6 Å². The molecule has 1 unspecified atom stereocenters. The zero-order chi connectivity index (χ0) is 20.1. The molecule has 0 radical (unpaired) electrons. The fourth-order valence-electron chi connectivity index (χ4n) is 3.93. The monoisotopic (exact) mass is 519 g/mol. The smallest absolute Gasteiger partial charge is 0.191 e. The zero-order valence-corrected chi connectivity index (χ0v) is 20.9. The molecular weight excluding hydrogens is 481 g/mol. The fraction of sp³-hybridized carbons (Fsp3) is 0.850. The van der Waals surface area contributed by atoms with Gasteiger partial charge in [-0.2, -0.15) is 5.10 Å². The van der Waals surface area contributed by atoms with E-state index in [0.29, 0.717) is 12.0 Å². The van der Waals surface area contributed by atoms with E-state index in [9.17, 15) is 0 Å². The van der Waals surface area contributed by atoms with Gasteiger partial charge < -0.3 is 20.3 Å². The van der Waals surface area contributed by atoms with Crippen molar-refractivity contribution in [2.45, 2.75) is 70.5 Å². The summed E-state index contributed by atoms with van der Waals surface area (Å²) in [6, 6.07) is 0.317. The molecule has 2 aliphatic rings. The number of aryl methyl sites for hydroxylation is 1. The Kier molecular flexibility index (Phi) is 9.15. The summed E-state index contributed by atoms with van der Waals surface area (Å²) in [6.07, 6.45) is 4.04. The molecule has 0 aromatic carbocycles. The van der Waals surface area contributed by atoms with Gasteiger partial charge in [0.25, 0.3) is 0 Å². The van der Waals surface area contributed by atoms with Crippen molar-refractivity contribution in [3.05, 3.63) is 11.6 Å². The molecule has 1 aromatic heterocycles. The van der Waals surface area contributed by atoms with Gasteiger partial charge >= 0.3 is 0 Å². The molecule has 0 amide bonds. The molecule has 1 aromatic rings. The van der Waals surface area contributed by atoms with Gasteiger partial charge in [0.1, 0.15) is 5.82 Å². The minimum Gasteiger partial charge on any atom is -0.381 e. The fourth-order valence-corrected chi connectivity index (χ4v) is 3.93. The number of rotatable bonds is 6. The summed E-state index contributed by atoms with van der Waals surface area (Å²) in [7, 11) is 4.31. The zero-order valence-electron chi connectivity index (χ0n) is 18.6. The Morgan fingerprint density at radius 1 is 1.34 bits per heavy atom. The normalized spacial score (nSPS) is 21.6. The molecule has 0 bridgehead atoms. The van der Waals surface area contributed by atoms with Gasteiger partial charge in [-0.25, -0.2) is 9.67 Å². The first kappa shape index (κ1) is 24.3. The van der Waals surface area contributed by atoms with Gasteiger partial charge in [0.05, 0.1) is 13.1 Å². The molecule has 8 nitrogen and oxygen atoms in total. The Balaban J connectivity index is 0.00000300. The minimum absolute atomic E-state index is 0. The van der Waals surface area contributed by atoms with Crippen molar-refractivity contribution in [1.82, 2.24) is 30.3 Å². The number of guanidine groups is 1. The predicted octanol–water partition coefficient (Wildman–Crippen LogP) is 2.00. The largest absolute Gasteiger partial charge is 0.381 e. The summed E-state index contributed by atoms with van der Waals surface area (Å²) in [5, 5.41) is 11.7. The topological polar surface area (TPSA) is 79.6 Å². The third-order valence-electron chi connectivity index (χ3n) is 5.98. The Labute approximate surface area is 192 Å². The van der Waals surface area contributed by atoms with Crippen LogP contribution in [0.15, 0.2) is 4.99 Å². The van der Waals surface area contributed by atoms with E-state index in [0.717, 1.165) is 76.1 Å². The van der Waals surface area contributed by atoms with Crippen molar-refractivity contribution in [3.8, 4) is 0 Å². The number of halogens is 1. The summed E-state index contributed by atoms with van der Waals surface area (Å²) >= 11 is 0. The van der Waals surface area contributed by atoms with Crippen LogP contribution in [0, 0.1) is 0 Å². The number of aliphatic imine (C=N–C) groups is 1. The van der Waals surface area contributed by atoms with E-state index in [4.69, 9.17) is 14.8 Å². The lowest BCUT2D eigenvalue weighted by Crippen LogP contribution is -2.52. The number of hydrogen-bond donors (Lipinski definition) is 2. The van der Waals surface area contributed by atoms with Crippen LogP contribution in [0.3, 0.4) is 0 Å². The maximum Gasteiger partial charge on any atom is 0.191 e. The van der Waals surface area contributed by atoms with E-state index < -0.39 is 0 Å². The van der Waals surface area contributed by atoms with Gasteiger partial charge in [0.15, 0.2) is 11.8 Å². The maximum absolute atomic E-state index is 5.58. The number of nitrogens with zero attached hydrogens (tertiary/aromatic N) is 5. The van der Waals surface area contributed by atoms with Gasteiger partial charge in [0.2, 0.25) is 0 Å². The molecule has 3 rings (SSSR count). The molecule has 1 atom stereocenters. The highest BCUT2D eigenvalue weighted by molar-refractivity contribution is 14.0. The Morgan fingerprint density at radius 3 is 2.69 bits per heavy atom. The molecule has 29 heavy (non-hydrogen) atoms. The molecule has 0 spiro atoms. The number of hydrogen-bond acceptors (Lipinski definition) is 5. The van der Waals surface area contributed by atoms with Crippen LogP contribution in [0.5, 0.6) is 0 Å². The van der Waals surface area contributed by atoms with Gasteiger partial charge in [-0.15, -0.1) is 24.0 Å². The molecule has 1 saturated heterocycles. The standard InChI is InChI=1S/C20H37N7O.HI/c1-6-21-19(22-14-20(26(4)5)9-11-28-12-10-20)23-16-7-8-17-24-18(15(2)3)25-27(17)13-16;/h15-16H,6-14H2,1-5H3,(H2,21,22,23);1H. The van der Waals surface area contributed by atoms with Crippen LogP contribution in [0.2, 0.25) is 0 Å². The molecule has 3 heterocycles. The molecular formula is C20H38IN7O. The van der Waals surface area contributed by atoms with E-state index in [1.807, 2.05) is 0 Å². The minimum atomic E-state index is 0. The van der Waals surface area contributed by atoms with Crippen LogP contribution in [0.25, 0.3) is 0 Å². The predicted molar refractivity (Wildman–Crippen MR) is 127 cm³/mol. The quantitative estimate of drug-likeness (QED) is 0.340. The lowest BCUT2D eigenvalue weighted by Gasteiger charge is -2.41. The van der Waals surface area contributed by atoms with E-state index in [1.54, 1.807) is 0 Å². The van der Waals surface area contributed by atoms with Gasteiger partial charge in [-0.1, -0.05) is 13.8 Å². The first-order chi connectivity index (χ1) is 13.4. The number of likely N-dealkylation sites (N-methyl/N-ethyl adjacent to an activating group) is 1. The summed E-state index contributed by atoms with van der Waals surface area (Å²) in [5.74, 6) is 3.32. The van der Waals surface area contributed by atoms with Gasteiger partial charge in [-0.3, -0.25) is 4.99 Å². The van der Waals surface area contributed by atoms with Gasteiger partial charge in [0, 0.05) is 43.7 Å².